The molecule has 4 rings (SSSR count). The Hall–Kier alpha value is -3.05. The first-order valence-corrected chi connectivity index (χ1v) is 19.5. The summed E-state index contributed by atoms with van der Waals surface area (Å²) in [5.74, 6) is 1.37. The van der Waals surface area contributed by atoms with Crippen LogP contribution < -0.4 is 5.32 Å². The van der Waals surface area contributed by atoms with Gasteiger partial charge in [0.1, 0.15) is 20.8 Å². The number of nitrogens with one attached hydrogen (secondary N) is 1. The molecule has 1 N–H and O–H groups in total. The smallest absolute Gasteiger partial charge is 0.230 e. The van der Waals surface area contributed by atoms with Gasteiger partial charge >= 0.3 is 0 Å². The van der Waals surface area contributed by atoms with Gasteiger partial charge in [0.2, 0.25) is 11.0 Å². The number of benzene rings is 2. The van der Waals surface area contributed by atoms with Crippen LogP contribution in [0.1, 0.15) is 26.1 Å². The predicted octanol–water partition coefficient (Wildman–Crippen LogP) is 3.25. The van der Waals surface area contributed by atoms with E-state index in [0.29, 0.717) is 22.1 Å². The zero-order chi connectivity index (χ0) is 31.0. The molecule has 0 radical (unpaired) electrons. The number of hydrogen-bond donors (Lipinski definition) is 1. The predicted molar refractivity (Wildman–Crippen MR) is 168 cm³/mol. The van der Waals surface area contributed by atoms with Gasteiger partial charge in [-0.1, -0.05) is 35.6 Å². The van der Waals surface area contributed by atoms with Crippen LogP contribution in [0.25, 0.3) is 0 Å². The molecule has 2 aromatic carbocycles. The number of sulfone groups is 2. The Kier molecular flexibility index (Phi) is 11.2. The summed E-state index contributed by atoms with van der Waals surface area (Å²) in [6.45, 7) is 0. The van der Waals surface area contributed by atoms with E-state index in [1.807, 2.05) is 0 Å². The summed E-state index contributed by atoms with van der Waals surface area (Å²) in [7, 11) is -6.55. The second-order valence-electron chi connectivity index (χ2n) is 9.65. The fourth-order valence-electron chi connectivity index (χ4n) is 3.80. The highest BCUT2D eigenvalue weighted by molar-refractivity contribution is 7.99. The molecule has 0 aliphatic heterocycles. The van der Waals surface area contributed by atoms with Gasteiger partial charge in [0, 0.05) is 31.8 Å². The zero-order valence-corrected chi connectivity index (χ0v) is 27.4. The lowest BCUT2D eigenvalue weighted by Crippen LogP contribution is -2.14. The lowest BCUT2D eigenvalue weighted by atomic mass is 10.1. The van der Waals surface area contributed by atoms with Crippen LogP contribution in [0.15, 0.2) is 58.3 Å². The van der Waals surface area contributed by atoms with Crippen molar-refractivity contribution in [1.29, 1.82) is 0 Å². The Morgan fingerprint density at radius 1 is 0.674 bits per heavy atom. The monoisotopic (exact) mass is 679 g/mol. The molecule has 43 heavy (non-hydrogen) atoms. The fourth-order valence-corrected chi connectivity index (χ4v) is 7.83. The maximum absolute atomic E-state index is 12.5. The topological polar surface area (TPSA) is 166 Å². The van der Waals surface area contributed by atoms with E-state index in [9.17, 15) is 26.4 Å². The highest BCUT2D eigenvalue weighted by atomic mass is 32.2. The number of aromatic nitrogens is 4. The number of nitrogens with zero attached hydrogens (tertiary/aromatic N) is 4. The second kappa shape index (κ2) is 14.6. The minimum Gasteiger partial charge on any atom is -0.300 e. The molecule has 0 spiro atoms. The number of Topliss-reactive ketones (excluding diaryl/α,β-unsaturated/α-hetero) is 1. The number of rotatable bonds is 15. The van der Waals surface area contributed by atoms with Crippen LogP contribution >= 0.6 is 34.4 Å². The van der Waals surface area contributed by atoms with Crippen molar-refractivity contribution in [3.05, 3.63) is 74.7 Å². The van der Waals surface area contributed by atoms with Crippen LogP contribution in [0, 0.1) is 0 Å². The third kappa shape index (κ3) is 10.6. The van der Waals surface area contributed by atoms with E-state index < -0.39 is 19.7 Å². The Balaban J connectivity index is 1.13. The number of anilines is 1. The molecular weight excluding hydrogens is 651 g/mol. The van der Waals surface area contributed by atoms with Gasteiger partial charge in [0.25, 0.3) is 0 Å². The van der Waals surface area contributed by atoms with Crippen molar-refractivity contribution in [2.45, 2.75) is 41.9 Å². The summed E-state index contributed by atoms with van der Waals surface area (Å²) in [6, 6.07) is 12.5. The molecule has 0 saturated carbocycles. The van der Waals surface area contributed by atoms with Crippen LogP contribution in [-0.4, -0.2) is 72.9 Å². The van der Waals surface area contributed by atoms with Gasteiger partial charge in [-0.25, -0.2) is 16.8 Å². The normalized spacial score (nSPS) is 11.9. The summed E-state index contributed by atoms with van der Waals surface area (Å²) >= 11 is 4.47. The standard InChI is InChI=1S/C27H29N5O6S5/c1-42(35,36)21-7-3-18(4-8-21)15-20(33)17-26-31-29-24(40-26)11-13-39-14-12-25-30-32-27(41-25)28-23(34)16-19-5-9-22(10-6-19)43(2,37)38/h3-10H,11-17H2,1-2H3,(H,28,32,34). The molecule has 11 nitrogen and oxygen atoms in total. The molecule has 0 atom stereocenters. The molecule has 0 unspecified atom stereocenters. The average molecular weight is 680 g/mol. The summed E-state index contributed by atoms with van der Waals surface area (Å²) in [6.07, 6.45) is 4.19. The van der Waals surface area contributed by atoms with Crippen molar-refractivity contribution in [2.24, 2.45) is 0 Å². The quantitative estimate of drug-likeness (QED) is 0.183. The highest BCUT2D eigenvalue weighted by Gasteiger charge is 2.13. The van der Waals surface area contributed by atoms with E-state index in [4.69, 9.17) is 0 Å². The second-order valence-corrected chi connectivity index (χ2v) is 17.1. The Labute approximate surface area is 262 Å². The molecule has 0 fully saturated rings. The van der Waals surface area contributed by atoms with Crippen molar-refractivity contribution in [3.8, 4) is 0 Å². The number of carbonyl (C=O) groups is 2. The molecule has 16 heteroatoms. The molecule has 1 amide bonds. The first-order chi connectivity index (χ1) is 20.3. The molecule has 0 bridgehead atoms. The molecule has 228 valence electrons. The molecule has 0 saturated heterocycles. The molecular formula is C27H29N5O6S5. The lowest BCUT2D eigenvalue weighted by molar-refractivity contribution is -0.118. The van der Waals surface area contributed by atoms with Gasteiger partial charge in [-0.2, -0.15) is 11.8 Å². The third-order valence-electron chi connectivity index (χ3n) is 5.96. The van der Waals surface area contributed by atoms with Crippen molar-refractivity contribution in [2.75, 3.05) is 29.3 Å². The van der Waals surface area contributed by atoms with Crippen LogP contribution in [0.4, 0.5) is 5.13 Å². The van der Waals surface area contributed by atoms with Crippen LogP contribution in [0.5, 0.6) is 0 Å². The minimum atomic E-state index is -3.28. The average Bonchev–Trinajstić information content (AvgIpc) is 3.57. The Morgan fingerprint density at radius 3 is 1.72 bits per heavy atom. The molecule has 0 aliphatic carbocycles. The van der Waals surface area contributed by atoms with E-state index in [0.717, 1.165) is 46.0 Å². The molecule has 2 heterocycles. The summed E-state index contributed by atoms with van der Waals surface area (Å²) < 4.78 is 46.3. The molecule has 4 aromatic rings. The van der Waals surface area contributed by atoms with Crippen LogP contribution in [0.3, 0.4) is 0 Å². The SMILES string of the molecule is CS(=O)(=O)c1ccc(CC(=O)Cc2nnc(CCSCCc3nnc(NC(=O)Cc4ccc(S(C)(=O)=O)cc4)s3)s2)cc1. The van der Waals surface area contributed by atoms with Crippen molar-refractivity contribution in [3.63, 3.8) is 0 Å². The number of hydrogen-bond acceptors (Lipinski definition) is 13. The van der Waals surface area contributed by atoms with E-state index in [-0.39, 0.29) is 40.7 Å². The van der Waals surface area contributed by atoms with Gasteiger partial charge in [-0.15, -0.1) is 31.7 Å². The van der Waals surface area contributed by atoms with Crippen molar-refractivity contribution < 1.29 is 26.4 Å². The fraction of sp³-hybridized carbons (Fsp3) is 0.333. The summed E-state index contributed by atoms with van der Waals surface area (Å²) in [5, 5.41) is 22.0. The maximum atomic E-state index is 12.5. The van der Waals surface area contributed by atoms with E-state index >= 15 is 0 Å². The van der Waals surface area contributed by atoms with Crippen LogP contribution in [0.2, 0.25) is 0 Å². The number of thioether (sulfide) groups is 1. The largest absolute Gasteiger partial charge is 0.300 e. The van der Waals surface area contributed by atoms with Crippen molar-refractivity contribution >= 4 is 70.9 Å². The number of carbonyl (C=O) groups excluding carboxylic acids is 2. The van der Waals surface area contributed by atoms with E-state index in [2.05, 4.69) is 25.7 Å². The minimum absolute atomic E-state index is 0.0138. The van der Waals surface area contributed by atoms with Gasteiger partial charge in [0.15, 0.2) is 19.7 Å². The zero-order valence-electron chi connectivity index (χ0n) is 23.3. The number of amides is 1. The maximum Gasteiger partial charge on any atom is 0.230 e. The lowest BCUT2D eigenvalue weighted by Gasteiger charge is -2.03. The Morgan fingerprint density at radius 2 is 1.16 bits per heavy atom. The van der Waals surface area contributed by atoms with E-state index in [1.54, 1.807) is 36.0 Å². The Bertz CT molecular complexity index is 1650. The highest BCUT2D eigenvalue weighted by Crippen LogP contribution is 2.20. The number of aryl methyl sites for hydroxylation is 2. The van der Waals surface area contributed by atoms with Gasteiger partial charge < -0.3 is 5.32 Å². The van der Waals surface area contributed by atoms with Crippen molar-refractivity contribution in [1.82, 2.24) is 20.4 Å². The third-order valence-corrected chi connectivity index (χ3v) is 11.1. The summed E-state index contributed by atoms with van der Waals surface area (Å²) in [5.41, 5.74) is 1.45. The van der Waals surface area contributed by atoms with Gasteiger partial charge in [-0.05, 0) is 46.9 Å². The van der Waals surface area contributed by atoms with Crippen LogP contribution in [-0.2, 0) is 61.4 Å². The number of ketones is 1. The first-order valence-electron chi connectivity index (χ1n) is 13.0. The molecule has 0 aliphatic rings. The molecule has 2 aromatic heterocycles. The van der Waals surface area contributed by atoms with Gasteiger partial charge in [-0.3, -0.25) is 9.59 Å². The first kappa shape index (κ1) is 32.9. The summed E-state index contributed by atoms with van der Waals surface area (Å²) in [4.78, 5) is 25.2. The van der Waals surface area contributed by atoms with Gasteiger partial charge in [0.05, 0.1) is 22.6 Å². The van der Waals surface area contributed by atoms with E-state index in [1.165, 1.54) is 46.9 Å².